The first-order valence-electron chi connectivity index (χ1n) is 6.02. The summed E-state index contributed by atoms with van der Waals surface area (Å²) in [5.74, 6) is -0.377. The monoisotopic (exact) mass is 308 g/mol. The highest BCUT2D eigenvalue weighted by Gasteiger charge is 2.17. The van der Waals surface area contributed by atoms with Crippen LogP contribution in [0.2, 0.25) is 10.0 Å². The molecule has 0 aliphatic carbocycles. The normalized spacial score (nSPS) is 10.4. The van der Waals surface area contributed by atoms with Crippen molar-refractivity contribution in [3.63, 3.8) is 0 Å². The third-order valence-electron chi connectivity index (χ3n) is 3.12. The zero-order valence-corrected chi connectivity index (χ0v) is 12.6. The standard InChI is InChI=1S/C15H14Cl2N2O/c1-8-3-4-10(7-9(8)2)19-15(20)13-12(18)6-5-11(16)14(13)17/h3-7H,18H2,1-2H3,(H,19,20). The summed E-state index contributed by atoms with van der Waals surface area (Å²) in [4.78, 5) is 12.3. The highest BCUT2D eigenvalue weighted by molar-refractivity contribution is 6.44. The Balaban J connectivity index is 2.33. The van der Waals surface area contributed by atoms with Crippen molar-refractivity contribution in [3.8, 4) is 0 Å². The average Bonchev–Trinajstić information content (AvgIpc) is 2.39. The fraction of sp³-hybridized carbons (Fsp3) is 0.133. The average molecular weight is 309 g/mol. The van der Waals surface area contributed by atoms with Crippen molar-refractivity contribution < 1.29 is 4.79 Å². The molecule has 0 aliphatic rings. The van der Waals surface area contributed by atoms with Crippen LogP contribution < -0.4 is 11.1 Å². The molecule has 0 aromatic heterocycles. The second kappa shape index (κ2) is 5.73. The van der Waals surface area contributed by atoms with E-state index in [0.717, 1.165) is 11.1 Å². The molecule has 20 heavy (non-hydrogen) atoms. The highest BCUT2D eigenvalue weighted by atomic mass is 35.5. The van der Waals surface area contributed by atoms with E-state index < -0.39 is 0 Å². The van der Waals surface area contributed by atoms with E-state index in [1.165, 1.54) is 0 Å². The minimum atomic E-state index is -0.377. The quantitative estimate of drug-likeness (QED) is 0.806. The van der Waals surface area contributed by atoms with Gasteiger partial charge in [-0.1, -0.05) is 29.3 Å². The molecule has 0 aliphatic heterocycles. The molecule has 5 heteroatoms. The Morgan fingerprint density at radius 2 is 1.80 bits per heavy atom. The first-order chi connectivity index (χ1) is 9.40. The third kappa shape index (κ3) is 2.89. The Labute approximate surface area is 127 Å². The lowest BCUT2D eigenvalue weighted by Crippen LogP contribution is -2.15. The van der Waals surface area contributed by atoms with Gasteiger partial charge in [-0.3, -0.25) is 4.79 Å². The van der Waals surface area contributed by atoms with E-state index in [9.17, 15) is 4.79 Å². The Hall–Kier alpha value is -1.71. The summed E-state index contributed by atoms with van der Waals surface area (Å²) in [6.45, 7) is 3.98. The van der Waals surface area contributed by atoms with Gasteiger partial charge in [0.2, 0.25) is 0 Å². The number of carbonyl (C=O) groups is 1. The number of amides is 1. The highest BCUT2D eigenvalue weighted by Crippen LogP contribution is 2.30. The van der Waals surface area contributed by atoms with Crippen molar-refractivity contribution in [2.24, 2.45) is 0 Å². The third-order valence-corrected chi connectivity index (χ3v) is 3.92. The van der Waals surface area contributed by atoms with Gasteiger partial charge in [0, 0.05) is 11.4 Å². The van der Waals surface area contributed by atoms with Gasteiger partial charge >= 0.3 is 0 Å². The maximum absolute atomic E-state index is 12.3. The van der Waals surface area contributed by atoms with Crippen LogP contribution in [0.25, 0.3) is 0 Å². The van der Waals surface area contributed by atoms with Crippen LogP contribution in [0, 0.1) is 13.8 Å². The fourth-order valence-corrected chi connectivity index (χ4v) is 2.22. The minimum Gasteiger partial charge on any atom is -0.398 e. The molecule has 3 nitrogen and oxygen atoms in total. The number of nitrogen functional groups attached to an aromatic ring is 1. The fourth-order valence-electron chi connectivity index (χ4n) is 1.81. The summed E-state index contributed by atoms with van der Waals surface area (Å²) < 4.78 is 0. The number of hydrogen-bond acceptors (Lipinski definition) is 2. The molecule has 0 saturated carbocycles. The summed E-state index contributed by atoms with van der Waals surface area (Å²) in [5.41, 5.74) is 9.21. The van der Waals surface area contributed by atoms with Gasteiger partial charge in [0.05, 0.1) is 15.6 Å². The largest absolute Gasteiger partial charge is 0.398 e. The van der Waals surface area contributed by atoms with E-state index in [-0.39, 0.29) is 16.5 Å². The first-order valence-corrected chi connectivity index (χ1v) is 6.78. The molecule has 3 N–H and O–H groups in total. The molecular weight excluding hydrogens is 295 g/mol. The van der Waals surface area contributed by atoms with Gasteiger partial charge in [-0.2, -0.15) is 0 Å². The Bertz CT molecular complexity index is 684. The second-order valence-corrected chi connectivity index (χ2v) is 5.36. The van der Waals surface area contributed by atoms with Gasteiger partial charge in [0.1, 0.15) is 0 Å². The zero-order valence-electron chi connectivity index (χ0n) is 11.1. The molecule has 2 aromatic carbocycles. The Morgan fingerprint density at radius 3 is 2.45 bits per heavy atom. The zero-order chi connectivity index (χ0) is 14.9. The van der Waals surface area contributed by atoms with Crippen LogP contribution in [-0.2, 0) is 0 Å². The number of halogens is 2. The summed E-state index contributed by atoms with van der Waals surface area (Å²) in [5, 5.41) is 3.23. The van der Waals surface area contributed by atoms with Gasteiger partial charge in [0.15, 0.2) is 0 Å². The number of carbonyl (C=O) groups excluding carboxylic acids is 1. The van der Waals surface area contributed by atoms with E-state index in [1.54, 1.807) is 12.1 Å². The number of anilines is 2. The molecule has 2 aromatic rings. The van der Waals surface area contributed by atoms with Gasteiger partial charge in [-0.05, 0) is 49.2 Å². The van der Waals surface area contributed by atoms with E-state index in [4.69, 9.17) is 28.9 Å². The Kier molecular flexibility index (Phi) is 4.21. The number of nitrogens with two attached hydrogens (primary N) is 1. The summed E-state index contributed by atoms with van der Waals surface area (Å²) >= 11 is 12.0. The van der Waals surface area contributed by atoms with Gasteiger partial charge in [-0.25, -0.2) is 0 Å². The molecule has 0 bridgehead atoms. The van der Waals surface area contributed by atoms with Crippen molar-refractivity contribution >= 4 is 40.5 Å². The SMILES string of the molecule is Cc1ccc(NC(=O)c2c(N)ccc(Cl)c2Cl)cc1C. The maximum atomic E-state index is 12.3. The number of rotatable bonds is 2. The van der Waals surface area contributed by atoms with Crippen LogP contribution >= 0.6 is 23.2 Å². The van der Waals surface area contributed by atoms with Crippen molar-refractivity contribution in [1.29, 1.82) is 0 Å². The van der Waals surface area contributed by atoms with Crippen LogP contribution in [0.3, 0.4) is 0 Å². The maximum Gasteiger partial charge on any atom is 0.259 e. The van der Waals surface area contributed by atoms with Crippen LogP contribution in [0.1, 0.15) is 21.5 Å². The summed E-state index contributed by atoms with van der Waals surface area (Å²) in [6.07, 6.45) is 0. The second-order valence-electron chi connectivity index (χ2n) is 4.58. The molecule has 0 spiro atoms. The number of benzene rings is 2. The molecule has 2 rings (SSSR count). The predicted molar refractivity (Wildman–Crippen MR) is 84.7 cm³/mol. The van der Waals surface area contributed by atoms with E-state index in [2.05, 4.69) is 5.32 Å². The van der Waals surface area contributed by atoms with E-state index in [1.807, 2.05) is 32.0 Å². The smallest absolute Gasteiger partial charge is 0.259 e. The van der Waals surface area contributed by atoms with Gasteiger partial charge in [0.25, 0.3) is 5.91 Å². The molecule has 0 radical (unpaired) electrons. The minimum absolute atomic E-state index is 0.160. The van der Waals surface area contributed by atoms with Crippen LogP contribution in [0.4, 0.5) is 11.4 Å². The molecule has 0 atom stereocenters. The summed E-state index contributed by atoms with van der Waals surface area (Å²) in [6, 6.07) is 8.78. The molecule has 0 unspecified atom stereocenters. The van der Waals surface area contributed by atoms with E-state index >= 15 is 0 Å². The van der Waals surface area contributed by atoms with Crippen LogP contribution in [-0.4, -0.2) is 5.91 Å². The molecule has 104 valence electrons. The molecule has 0 saturated heterocycles. The van der Waals surface area contributed by atoms with Crippen molar-refractivity contribution in [1.82, 2.24) is 0 Å². The summed E-state index contributed by atoms with van der Waals surface area (Å²) in [7, 11) is 0. The predicted octanol–water partition coefficient (Wildman–Crippen LogP) is 4.44. The van der Waals surface area contributed by atoms with Crippen LogP contribution in [0.15, 0.2) is 30.3 Å². The van der Waals surface area contributed by atoms with Crippen LogP contribution in [0.5, 0.6) is 0 Å². The topological polar surface area (TPSA) is 55.1 Å². The first kappa shape index (κ1) is 14.7. The lowest BCUT2D eigenvalue weighted by molar-refractivity contribution is 0.102. The lowest BCUT2D eigenvalue weighted by atomic mass is 10.1. The molecule has 1 amide bonds. The molecular formula is C15H14Cl2N2O. The van der Waals surface area contributed by atoms with Crippen molar-refractivity contribution in [3.05, 3.63) is 57.1 Å². The molecule has 0 fully saturated rings. The van der Waals surface area contributed by atoms with Gasteiger partial charge in [-0.15, -0.1) is 0 Å². The van der Waals surface area contributed by atoms with E-state index in [0.29, 0.717) is 16.4 Å². The number of nitrogens with one attached hydrogen (secondary N) is 1. The van der Waals surface area contributed by atoms with Crippen molar-refractivity contribution in [2.45, 2.75) is 13.8 Å². The molecule has 0 heterocycles. The Morgan fingerprint density at radius 1 is 1.10 bits per heavy atom. The number of hydrogen-bond donors (Lipinski definition) is 2. The number of aryl methyl sites for hydroxylation is 2. The van der Waals surface area contributed by atoms with Crippen molar-refractivity contribution in [2.75, 3.05) is 11.1 Å². The lowest BCUT2D eigenvalue weighted by Gasteiger charge is -2.11. The van der Waals surface area contributed by atoms with Gasteiger partial charge < -0.3 is 11.1 Å².